The average Bonchev–Trinajstić information content (AvgIpc) is 2.35. The second-order valence-corrected chi connectivity index (χ2v) is 4.10. The fourth-order valence-corrected chi connectivity index (χ4v) is 1.60. The van der Waals surface area contributed by atoms with Gasteiger partial charge in [-0.15, -0.1) is 0 Å². The molecule has 0 N–H and O–H groups in total. The minimum absolute atomic E-state index is 0.416. The van der Waals surface area contributed by atoms with Gasteiger partial charge in [-0.1, -0.05) is 13.8 Å². The van der Waals surface area contributed by atoms with E-state index in [1.165, 1.54) is 12.8 Å². The van der Waals surface area contributed by atoms with Crippen LogP contribution >= 0.6 is 0 Å². The van der Waals surface area contributed by atoms with Crippen LogP contribution in [0.15, 0.2) is 0 Å². The maximum absolute atomic E-state index is 10.9. The topological polar surface area (TPSA) is 20.3 Å². The van der Waals surface area contributed by atoms with Gasteiger partial charge in [-0.25, -0.2) is 0 Å². The third-order valence-electron chi connectivity index (χ3n) is 2.36. The van der Waals surface area contributed by atoms with E-state index in [0.717, 1.165) is 25.4 Å². The van der Waals surface area contributed by atoms with Crippen LogP contribution in [0.5, 0.6) is 0 Å². The second kappa shape index (κ2) is 4.61. The van der Waals surface area contributed by atoms with E-state index in [-0.39, 0.29) is 0 Å². The molecular formula is C10H19NO. The number of nitrogens with zero attached hydrogens (tertiary/aromatic N) is 1. The molecule has 0 radical (unpaired) electrons. The Morgan fingerprint density at radius 2 is 2.25 bits per heavy atom. The molecule has 1 fully saturated rings. The summed E-state index contributed by atoms with van der Waals surface area (Å²) in [6, 6.07) is 0. The molecule has 0 aromatic rings. The molecule has 12 heavy (non-hydrogen) atoms. The molecule has 70 valence electrons. The van der Waals surface area contributed by atoms with E-state index in [4.69, 9.17) is 0 Å². The first kappa shape index (κ1) is 9.72. The highest BCUT2D eigenvalue weighted by molar-refractivity contribution is 5.82. The molecule has 0 spiro atoms. The Morgan fingerprint density at radius 1 is 1.50 bits per heavy atom. The highest BCUT2D eigenvalue weighted by Gasteiger charge is 2.17. The van der Waals surface area contributed by atoms with E-state index in [9.17, 15) is 4.79 Å². The molecule has 1 saturated heterocycles. The van der Waals surface area contributed by atoms with Crippen molar-refractivity contribution < 1.29 is 4.79 Å². The largest absolute Gasteiger partial charge is 0.298 e. The number of Topliss-reactive ketones (excluding diaryl/α,β-unsaturated/α-hetero) is 1. The van der Waals surface area contributed by atoms with Gasteiger partial charge in [-0.3, -0.25) is 9.69 Å². The monoisotopic (exact) mass is 169 g/mol. The zero-order valence-corrected chi connectivity index (χ0v) is 8.18. The van der Waals surface area contributed by atoms with Crippen LogP contribution in [-0.2, 0) is 4.79 Å². The number of carbonyl (C=O) groups is 1. The zero-order valence-electron chi connectivity index (χ0n) is 8.18. The molecule has 0 bridgehead atoms. The lowest BCUT2D eigenvalue weighted by Crippen LogP contribution is -2.22. The Kier molecular flexibility index (Phi) is 3.73. The number of likely N-dealkylation sites (tertiary alicyclic amines) is 1. The van der Waals surface area contributed by atoms with Crippen LogP contribution in [0.25, 0.3) is 0 Å². The van der Waals surface area contributed by atoms with Crippen LogP contribution in [0.2, 0.25) is 0 Å². The summed E-state index contributed by atoms with van der Waals surface area (Å²) >= 11 is 0. The predicted octanol–water partition coefficient (Wildman–Crippen LogP) is 1.70. The number of hydrogen-bond donors (Lipinski definition) is 0. The fourth-order valence-electron chi connectivity index (χ4n) is 1.60. The van der Waals surface area contributed by atoms with Crippen molar-refractivity contribution in [3.63, 3.8) is 0 Å². The molecule has 1 heterocycles. The SMILES string of the molecule is CC(C)CCCN1CCC(=O)C1. The molecule has 1 aliphatic heterocycles. The number of ketones is 1. The molecule has 1 aliphatic rings. The van der Waals surface area contributed by atoms with Gasteiger partial charge in [0.25, 0.3) is 0 Å². The molecule has 0 amide bonds. The minimum Gasteiger partial charge on any atom is -0.298 e. The summed E-state index contributed by atoms with van der Waals surface area (Å²) in [5.41, 5.74) is 0. The Balaban J connectivity index is 2.04. The van der Waals surface area contributed by atoms with Crippen molar-refractivity contribution in [3.05, 3.63) is 0 Å². The summed E-state index contributed by atoms with van der Waals surface area (Å²) in [7, 11) is 0. The zero-order chi connectivity index (χ0) is 8.97. The maximum Gasteiger partial charge on any atom is 0.148 e. The van der Waals surface area contributed by atoms with E-state index < -0.39 is 0 Å². The highest BCUT2D eigenvalue weighted by Crippen LogP contribution is 2.08. The van der Waals surface area contributed by atoms with Gasteiger partial charge in [-0.05, 0) is 25.3 Å². The van der Waals surface area contributed by atoms with Crippen molar-refractivity contribution in [2.24, 2.45) is 5.92 Å². The molecule has 0 aliphatic carbocycles. The Labute approximate surface area is 74.9 Å². The van der Waals surface area contributed by atoms with Gasteiger partial charge in [0, 0.05) is 13.0 Å². The number of hydrogen-bond acceptors (Lipinski definition) is 2. The molecular weight excluding hydrogens is 150 g/mol. The molecule has 0 saturated carbocycles. The van der Waals surface area contributed by atoms with E-state index in [1.807, 2.05) is 0 Å². The van der Waals surface area contributed by atoms with Crippen LogP contribution < -0.4 is 0 Å². The van der Waals surface area contributed by atoms with Crippen LogP contribution in [-0.4, -0.2) is 30.3 Å². The van der Waals surface area contributed by atoms with Crippen molar-refractivity contribution in [1.82, 2.24) is 4.90 Å². The molecule has 1 rings (SSSR count). The molecule has 0 unspecified atom stereocenters. The van der Waals surface area contributed by atoms with E-state index in [1.54, 1.807) is 0 Å². The standard InChI is InChI=1S/C10H19NO/c1-9(2)4-3-6-11-7-5-10(12)8-11/h9H,3-8H2,1-2H3. The summed E-state index contributed by atoms with van der Waals surface area (Å²) in [6.45, 7) is 7.31. The summed E-state index contributed by atoms with van der Waals surface area (Å²) in [5.74, 6) is 1.21. The van der Waals surface area contributed by atoms with Crippen LogP contribution in [0, 0.1) is 5.92 Å². The van der Waals surface area contributed by atoms with Crippen LogP contribution in [0.3, 0.4) is 0 Å². The highest BCUT2D eigenvalue weighted by atomic mass is 16.1. The van der Waals surface area contributed by atoms with Gasteiger partial charge in [0.1, 0.15) is 5.78 Å². The third-order valence-corrected chi connectivity index (χ3v) is 2.36. The first-order valence-electron chi connectivity index (χ1n) is 4.92. The normalized spacial score (nSPS) is 19.4. The van der Waals surface area contributed by atoms with Gasteiger partial charge in [-0.2, -0.15) is 0 Å². The first-order chi connectivity index (χ1) is 5.68. The molecule has 0 atom stereocenters. The lowest BCUT2D eigenvalue weighted by molar-refractivity contribution is -0.116. The van der Waals surface area contributed by atoms with E-state index >= 15 is 0 Å². The summed E-state index contributed by atoms with van der Waals surface area (Å²) < 4.78 is 0. The van der Waals surface area contributed by atoms with Gasteiger partial charge in [0.2, 0.25) is 0 Å². The second-order valence-electron chi connectivity index (χ2n) is 4.10. The summed E-state index contributed by atoms with van der Waals surface area (Å²) in [4.78, 5) is 13.2. The molecule has 2 heteroatoms. The summed E-state index contributed by atoms with van der Waals surface area (Å²) in [5, 5.41) is 0. The van der Waals surface area contributed by atoms with Crippen LogP contribution in [0.4, 0.5) is 0 Å². The Morgan fingerprint density at radius 3 is 2.75 bits per heavy atom. The number of rotatable bonds is 4. The third kappa shape index (κ3) is 3.35. The van der Waals surface area contributed by atoms with Crippen molar-refractivity contribution in [1.29, 1.82) is 0 Å². The minimum atomic E-state index is 0.416. The van der Waals surface area contributed by atoms with Crippen molar-refractivity contribution in [2.75, 3.05) is 19.6 Å². The van der Waals surface area contributed by atoms with Crippen LogP contribution in [0.1, 0.15) is 33.1 Å². The van der Waals surface area contributed by atoms with Gasteiger partial charge in [0.15, 0.2) is 0 Å². The smallest absolute Gasteiger partial charge is 0.148 e. The van der Waals surface area contributed by atoms with Crippen molar-refractivity contribution in [3.8, 4) is 0 Å². The first-order valence-corrected chi connectivity index (χ1v) is 4.92. The maximum atomic E-state index is 10.9. The van der Waals surface area contributed by atoms with Gasteiger partial charge < -0.3 is 0 Å². The van der Waals surface area contributed by atoms with E-state index in [2.05, 4.69) is 18.7 Å². The van der Waals surface area contributed by atoms with Gasteiger partial charge in [0.05, 0.1) is 6.54 Å². The predicted molar refractivity (Wildman–Crippen MR) is 50.1 cm³/mol. The average molecular weight is 169 g/mol. The lowest BCUT2D eigenvalue weighted by atomic mass is 10.1. The Hall–Kier alpha value is -0.370. The quantitative estimate of drug-likeness (QED) is 0.638. The Bertz CT molecular complexity index is 154. The van der Waals surface area contributed by atoms with E-state index in [0.29, 0.717) is 12.3 Å². The number of carbonyl (C=O) groups excluding carboxylic acids is 1. The van der Waals surface area contributed by atoms with Crippen molar-refractivity contribution in [2.45, 2.75) is 33.1 Å². The fraction of sp³-hybridized carbons (Fsp3) is 0.900. The lowest BCUT2D eigenvalue weighted by Gasteiger charge is -2.13. The van der Waals surface area contributed by atoms with Crippen molar-refractivity contribution >= 4 is 5.78 Å². The van der Waals surface area contributed by atoms with Gasteiger partial charge >= 0.3 is 0 Å². The molecule has 0 aromatic heterocycles. The molecule has 2 nitrogen and oxygen atoms in total. The summed E-state index contributed by atoms with van der Waals surface area (Å²) in [6.07, 6.45) is 3.30. The molecule has 0 aromatic carbocycles.